The highest BCUT2D eigenvalue weighted by molar-refractivity contribution is 6.01. The van der Waals surface area contributed by atoms with E-state index in [1.54, 1.807) is 18.2 Å². The number of anilines is 1. The zero-order chi connectivity index (χ0) is 32.1. The third-order valence-corrected chi connectivity index (χ3v) is 8.51. The van der Waals surface area contributed by atoms with Crippen LogP contribution >= 0.6 is 0 Å². The second-order valence-electron chi connectivity index (χ2n) is 11.2. The van der Waals surface area contributed by atoms with E-state index in [1.165, 1.54) is 32.1 Å². The van der Waals surface area contributed by atoms with Gasteiger partial charge in [-0.15, -0.1) is 0 Å². The smallest absolute Gasteiger partial charge is 0.349 e. The van der Waals surface area contributed by atoms with Gasteiger partial charge in [0.2, 0.25) is 0 Å². The molecule has 3 saturated heterocycles. The van der Waals surface area contributed by atoms with Crippen LogP contribution < -0.4 is 15.3 Å². The van der Waals surface area contributed by atoms with Gasteiger partial charge in [-0.3, -0.25) is 4.90 Å². The number of methoxy groups -OCH3 is 1. The van der Waals surface area contributed by atoms with Crippen molar-refractivity contribution in [3.05, 3.63) is 52.1 Å². The molecule has 2 atom stereocenters. The van der Waals surface area contributed by atoms with E-state index >= 15 is 0 Å². The molecular formula is C34H42F2N4O5. The number of ether oxygens (including phenoxy) is 2. The number of fused-ring (bicyclic) bond motifs is 3. The van der Waals surface area contributed by atoms with E-state index in [0.717, 1.165) is 19.4 Å². The molecule has 0 radical (unpaired) electrons. The Hall–Kier alpha value is -3.83. The standard InChI is InChI=1S/C25H24FN3O5.C7H12FN.C2H6/c1-3-16-18(26)6-5-14-11-15(30)12-17(21(14)16)20-13-19-22(24(31)34-20)23(28-25(27-19)32-2)29-7-4-9-33-10-8-29;8-6-4-7-2-1-3-9(7)5-6;1-2/h5-6,11-13,30H,3-4,7-10H2,1-2H3;6-7H,1-5H2;1-2H3. The van der Waals surface area contributed by atoms with Gasteiger partial charge in [0.05, 0.1) is 19.2 Å². The fraction of sp³-hybridized carbons (Fsp3) is 0.500. The number of phenols is 1. The van der Waals surface area contributed by atoms with Crippen LogP contribution in [0.25, 0.3) is 33.0 Å². The molecule has 3 aliphatic heterocycles. The first-order valence-corrected chi connectivity index (χ1v) is 15.9. The third-order valence-electron chi connectivity index (χ3n) is 8.51. The van der Waals surface area contributed by atoms with Crippen LogP contribution in [-0.2, 0) is 11.2 Å². The zero-order valence-corrected chi connectivity index (χ0v) is 26.4. The van der Waals surface area contributed by atoms with Gasteiger partial charge in [-0.25, -0.2) is 13.6 Å². The van der Waals surface area contributed by atoms with Crippen molar-refractivity contribution >= 4 is 27.5 Å². The number of rotatable bonds is 4. The first-order valence-electron chi connectivity index (χ1n) is 15.9. The van der Waals surface area contributed by atoms with Crippen molar-refractivity contribution in [2.24, 2.45) is 0 Å². The van der Waals surface area contributed by atoms with Crippen molar-refractivity contribution in [3.8, 4) is 23.1 Å². The topological polar surface area (TPSA) is 101 Å². The molecule has 4 aromatic rings. The Labute approximate surface area is 261 Å². The molecule has 0 bridgehead atoms. The maximum atomic E-state index is 14.6. The van der Waals surface area contributed by atoms with Crippen LogP contribution in [0.5, 0.6) is 11.8 Å². The van der Waals surface area contributed by atoms with E-state index < -0.39 is 11.8 Å². The summed E-state index contributed by atoms with van der Waals surface area (Å²) in [5, 5.41) is 11.8. The highest BCUT2D eigenvalue weighted by atomic mass is 19.1. The summed E-state index contributed by atoms with van der Waals surface area (Å²) in [6.07, 6.45) is 4.03. The van der Waals surface area contributed by atoms with Crippen LogP contribution in [0, 0.1) is 5.82 Å². The van der Waals surface area contributed by atoms with E-state index in [2.05, 4.69) is 14.9 Å². The number of nitrogens with zero attached hydrogens (tertiary/aromatic N) is 4. The van der Waals surface area contributed by atoms with Crippen LogP contribution in [0.3, 0.4) is 0 Å². The summed E-state index contributed by atoms with van der Waals surface area (Å²) in [5.74, 6) is 0.211. The van der Waals surface area contributed by atoms with E-state index in [-0.39, 0.29) is 28.7 Å². The predicted molar refractivity (Wildman–Crippen MR) is 172 cm³/mol. The predicted octanol–water partition coefficient (Wildman–Crippen LogP) is 6.26. The molecule has 1 N–H and O–H groups in total. The SMILES string of the molecule is CC.CCc1c(F)ccc2cc(O)cc(-c3cc4nc(OC)nc(N5CCCOCC5)c4c(=O)o3)c12.FC1CC2CCCN2C1. The van der Waals surface area contributed by atoms with Crippen LogP contribution in [0.15, 0.2) is 39.5 Å². The summed E-state index contributed by atoms with van der Waals surface area (Å²) in [5.41, 5.74) is 0.596. The highest BCUT2D eigenvalue weighted by Crippen LogP contribution is 2.37. The molecule has 242 valence electrons. The number of halogens is 2. The Morgan fingerprint density at radius 2 is 1.89 bits per heavy atom. The molecule has 11 heteroatoms. The number of phenolic OH excluding ortho intramolecular Hbond substituents is 1. The Balaban J connectivity index is 0.000000307. The fourth-order valence-corrected chi connectivity index (χ4v) is 6.53. The van der Waals surface area contributed by atoms with Gasteiger partial charge in [0.25, 0.3) is 0 Å². The molecule has 9 nitrogen and oxygen atoms in total. The molecular weight excluding hydrogens is 582 g/mol. The minimum absolute atomic E-state index is 0.0237. The summed E-state index contributed by atoms with van der Waals surface area (Å²) >= 11 is 0. The molecule has 0 amide bonds. The molecule has 45 heavy (non-hydrogen) atoms. The lowest BCUT2D eigenvalue weighted by molar-refractivity contribution is 0.152. The molecule has 0 saturated carbocycles. The summed E-state index contributed by atoms with van der Waals surface area (Å²) in [6, 6.07) is 8.33. The van der Waals surface area contributed by atoms with Crippen LogP contribution in [-0.4, -0.2) is 78.7 Å². The highest BCUT2D eigenvalue weighted by Gasteiger charge is 2.34. The first-order chi connectivity index (χ1) is 21.9. The van der Waals surface area contributed by atoms with E-state index in [4.69, 9.17) is 13.9 Å². The molecule has 0 spiro atoms. The van der Waals surface area contributed by atoms with Gasteiger partial charge in [-0.1, -0.05) is 26.8 Å². The molecule has 2 unspecified atom stereocenters. The summed E-state index contributed by atoms with van der Waals surface area (Å²) in [7, 11) is 1.46. The summed E-state index contributed by atoms with van der Waals surface area (Å²) in [4.78, 5) is 26.4. The Bertz CT molecular complexity index is 1680. The molecule has 3 fully saturated rings. The van der Waals surface area contributed by atoms with Crippen LogP contribution in [0.1, 0.15) is 52.0 Å². The van der Waals surface area contributed by atoms with E-state index in [1.807, 2.05) is 25.7 Å². The Kier molecular flexibility index (Phi) is 10.5. The van der Waals surface area contributed by atoms with Crippen LogP contribution in [0.4, 0.5) is 14.6 Å². The fourth-order valence-electron chi connectivity index (χ4n) is 6.53. The van der Waals surface area contributed by atoms with Crippen molar-refractivity contribution < 1.29 is 27.8 Å². The number of hydrogen-bond acceptors (Lipinski definition) is 9. The largest absolute Gasteiger partial charge is 0.508 e. The second kappa shape index (κ2) is 14.5. The van der Waals surface area contributed by atoms with Gasteiger partial charge in [-0.2, -0.15) is 9.97 Å². The molecule has 0 aliphatic carbocycles. The number of aryl methyl sites for hydroxylation is 1. The molecule has 2 aromatic carbocycles. The number of benzene rings is 2. The van der Waals surface area contributed by atoms with Crippen molar-refractivity contribution in [1.82, 2.24) is 14.9 Å². The van der Waals surface area contributed by atoms with Crippen molar-refractivity contribution in [1.29, 1.82) is 0 Å². The van der Waals surface area contributed by atoms with Gasteiger partial charge < -0.3 is 23.9 Å². The first kappa shape index (κ1) is 32.6. The van der Waals surface area contributed by atoms with Gasteiger partial charge in [0.1, 0.15) is 28.9 Å². The second-order valence-corrected chi connectivity index (χ2v) is 11.2. The van der Waals surface area contributed by atoms with Gasteiger partial charge in [0, 0.05) is 43.9 Å². The summed E-state index contributed by atoms with van der Waals surface area (Å²) < 4.78 is 43.8. The number of aromatic nitrogens is 2. The number of alkyl halides is 1. The summed E-state index contributed by atoms with van der Waals surface area (Å²) in [6.45, 7) is 10.1. The molecule has 3 aliphatic rings. The van der Waals surface area contributed by atoms with Crippen LogP contribution in [0.2, 0.25) is 0 Å². The molecule has 7 rings (SSSR count). The zero-order valence-electron chi connectivity index (χ0n) is 26.4. The lowest BCUT2D eigenvalue weighted by Gasteiger charge is -2.22. The quantitative estimate of drug-likeness (QED) is 0.282. The third kappa shape index (κ3) is 6.89. The van der Waals surface area contributed by atoms with Crippen molar-refractivity contribution in [2.75, 3.05) is 51.4 Å². The molecule has 5 heterocycles. The normalized spacial score (nSPS) is 19.8. The number of hydrogen-bond donors (Lipinski definition) is 1. The maximum absolute atomic E-state index is 14.6. The van der Waals surface area contributed by atoms with Crippen molar-refractivity contribution in [3.63, 3.8) is 0 Å². The maximum Gasteiger partial charge on any atom is 0.349 e. The monoisotopic (exact) mass is 624 g/mol. The average Bonchev–Trinajstić information content (AvgIpc) is 3.50. The number of aromatic hydroxyl groups is 1. The van der Waals surface area contributed by atoms with Crippen molar-refractivity contribution in [2.45, 2.75) is 65.1 Å². The minimum Gasteiger partial charge on any atom is -0.508 e. The minimum atomic E-state index is -0.624. The van der Waals surface area contributed by atoms with E-state index in [0.29, 0.717) is 78.5 Å². The lowest BCUT2D eigenvalue weighted by Crippen LogP contribution is -2.28. The van der Waals surface area contributed by atoms with Gasteiger partial charge in [0.15, 0.2) is 5.82 Å². The van der Waals surface area contributed by atoms with Gasteiger partial charge in [-0.05, 0) is 73.2 Å². The average molecular weight is 625 g/mol. The molecule has 2 aromatic heterocycles. The lowest BCUT2D eigenvalue weighted by atomic mass is 9.95. The van der Waals surface area contributed by atoms with Gasteiger partial charge >= 0.3 is 11.6 Å². The van der Waals surface area contributed by atoms with E-state index in [9.17, 15) is 18.7 Å². The Morgan fingerprint density at radius 3 is 2.64 bits per heavy atom. The Morgan fingerprint density at radius 1 is 1.07 bits per heavy atom.